The summed E-state index contributed by atoms with van der Waals surface area (Å²) in [6, 6.07) is 11.6. The van der Waals surface area contributed by atoms with Gasteiger partial charge in [0.25, 0.3) is 0 Å². The Balaban J connectivity index is 1.61. The predicted octanol–water partition coefficient (Wildman–Crippen LogP) is 3.28. The maximum atomic E-state index is 12.2. The first-order valence-corrected chi connectivity index (χ1v) is 7.79. The molecule has 0 aliphatic rings. The number of nitrogens with zero attached hydrogens (tertiary/aromatic N) is 2. The summed E-state index contributed by atoms with van der Waals surface area (Å²) < 4.78 is 5.69. The second-order valence-corrected chi connectivity index (χ2v) is 5.68. The number of aromatic nitrogens is 3. The number of ketones is 1. The molecule has 3 rings (SSSR count). The number of nitrogens with one attached hydrogen (secondary N) is 1. The highest BCUT2D eigenvalue weighted by molar-refractivity contribution is 5.81. The number of para-hydroxylation sites is 1. The lowest BCUT2D eigenvalue weighted by atomic mass is 10.1. The van der Waals surface area contributed by atoms with E-state index in [4.69, 9.17) is 4.74 Å². The summed E-state index contributed by atoms with van der Waals surface area (Å²) in [4.78, 5) is 23.8. The molecule has 0 fully saturated rings. The van der Waals surface area contributed by atoms with Crippen molar-refractivity contribution in [3.63, 3.8) is 0 Å². The lowest BCUT2D eigenvalue weighted by Crippen LogP contribution is -2.15. The zero-order chi connectivity index (χ0) is 16.9. The van der Waals surface area contributed by atoms with Gasteiger partial charge >= 0.3 is 0 Å². The number of carbonyl (C=O) groups excluding carboxylic acids is 1. The summed E-state index contributed by atoms with van der Waals surface area (Å²) in [6.07, 6.45) is 3.62. The molecule has 24 heavy (non-hydrogen) atoms. The second-order valence-electron chi connectivity index (χ2n) is 5.68. The third kappa shape index (κ3) is 3.68. The van der Waals surface area contributed by atoms with Crippen molar-refractivity contribution in [3.8, 4) is 17.1 Å². The molecule has 0 unspecified atom stereocenters. The average Bonchev–Trinajstić information content (AvgIpc) is 3.03. The van der Waals surface area contributed by atoms with E-state index in [1.807, 2.05) is 50.2 Å². The number of rotatable bonds is 6. The monoisotopic (exact) mass is 321 g/mol. The number of aryl methyl sites for hydroxylation is 2. The lowest BCUT2D eigenvalue weighted by molar-refractivity contribution is -0.120. The summed E-state index contributed by atoms with van der Waals surface area (Å²) in [7, 11) is 0. The normalized spacial score (nSPS) is 10.6. The number of imidazole rings is 1. The van der Waals surface area contributed by atoms with E-state index in [1.54, 1.807) is 12.4 Å². The summed E-state index contributed by atoms with van der Waals surface area (Å²) in [6.45, 7) is 3.97. The number of benzene rings is 1. The van der Waals surface area contributed by atoms with E-state index in [2.05, 4.69) is 15.0 Å². The fourth-order valence-electron chi connectivity index (χ4n) is 2.52. The molecular weight excluding hydrogens is 302 g/mol. The van der Waals surface area contributed by atoms with Gasteiger partial charge in [0.2, 0.25) is 0 Å². The molecule has 0 aliphatic heterocycles. The van der Waals surface area contributed by atoms with E-state index >= 15 is 0 Å². The molecule has 3 aromatic rings. The van der Waals surface area contributed by atoms with Gasteiger partial charge in [-0.2, -0.15) is 0 Å². The van der Waals surface area contributed by atoms with Crippen molar-refractivity contribution in [2.45, 2.75) is 20.3 Å². The van der Waals surface area contributed by atoms with Gasteiger partial charge in [0, 0.05) is 6.20 Å². The number of ether oxygens (including phenoxy) is 1. The highest BCUT2D eigenvalue weighted by Crippen LogP contribution is 2.22. The van der Waals surface area contributed by atoms with Crippen LogP contribution in [0.4, 0.5) is 0 Å². The smallest absolute Gasteiger partial charge is 0.177 e. The molecule has 0 saturated heterocycles. The predicted molar refractivity (Wildman–Crippen MR) is 91.9 cm³/mol. The molecule has 1 aromatic carbocycles. The van der Waals surface area contributed by atoms with Gasteiger partial charge in [0.15, 0.2) is 5.78 Å². The molecule has 0 radical (unpaired) electrons. The van der Waals surface area contributed by atoms with Gasteiger partial charge in [-0.05, 0) is 37.1 Å². The van der Waals surface area contributed by atoms with Crippen molar-refractivity contribution in [1.82, 2.24) is 15.0 Å². The van der Waals surface area contributed by atoms with Gasteiger partial charge in [0.1, 0.15) is 18.2 Å². The van der Waals surface area contributed by atoms with Gasteiger partial charge in [0.05, 0.1) is 24.0 Å². The topological polar surface area (TPSA) is 67.9 Å². The number of pyridine rings is 1. The van der Waals surface area contributed by atoms with E-state index in [-0.39, 0.29) is 18.8 Å². The second kappa shape index (κ2) is 7.08. The summed E-state index contributed by atoms with van der Waals surface area (Å²) in [5, 5.41) is 0. The molecule has 2 aromatic heterocycles. The van der Waals surface area contributed by atoms with E-state index in [9.17, 15) is 4.79 Å². The standard InChI is InChI=1S/C19H19N3O2/c1-13-6-5-7-14(2)19(13)24-12-15(23)10-18-21-11-17(22-18)16-8-3-4-9-20-16/h3-9,11H,10,12H2,1-2H3,(H,21,22). The zero-order valence-corrected chi connectivity index (χ0v) is 13.7. The molecule has 122 valence electrons. The van der Waals surface area contributed by atoms with E-state index in [1.165, 1.54) is 0 Å². The van der Waals surface area contributed by atoms with Gasteiger partial charge in [-0.15, -0.1) is 0 Å². The third-order valence-electron chi connectivity index (χ3n) is 3.72. The summed E-state index contributed by atoms with van der Waals surface area (Å²) >= 11 is 0. The van der Waals surface area contributed by atoms with E-state index < -0.39 is 0 Å². The van der Waals surface area contributed by atoms with E-state index in [0.29, 0.717) is 5.82 Å². The fraction of sp³-hybridized carbons (Fsp3) is 0.211. The maximum Gasteiger partial charge on any atom is 0.177 e. The molecule has 5 heteroatoms. The number of carbonyl (C=O) groups is 1. The van der Waals surface area contributed by atoms with Gasteiger partial charge < -0.3 is 9.72 Å². The van der Waals surface area contributed by atoms with Gasteiger partial charge in [-0.25, -0.2) is 4.98 Å². The maximum absolute atomic E-state index is 12.2. The van der Waals surface area contributed by atoms with E-state index in [0.717, 1.165) is 28.3 Å². The number of H-pyrrole nitrogens is 1. The Morgan fingerprint density at radius 1 is 1.08 bits per heavy atom. The highest BCUT2D eigenvalue weighted by Gasteiger charge is 2.11. The van der Waals surface area contributed by atoms with Crippen molar-refractivity contribution < 1.29 is 9.53 Å². The minimum Gasteiger partial charge on any atom is -0.485 e. The quantitative estimate of drug-likeness (QED) is 0.756. The van der Waals surface area contributed by atoms with Crippen molar-refractivity contribution in [2.24, 2.45) is 0 Å². The van der Waals surface area contributed by atoms with Crippen LogP contribution in [0.25, 0.3) is 11.4 Å². The average molecular weight is 321 g/mol. The Morgan fingerprint density at radius 3 is 2.58 bits per heavy atom. The SMILES string of the molecule is Cc1cccc(C)c1OCC(=O)Cc1ncc(-c2ccccn2)[nH]1. The number of hydrogen-bond donors (Lipinski definition) is 1. The number of Topliss-reactive ketones (excluding diaryl/α,β-unsaturated/α-hetero) is 1. The molecular formula is C19H19N3O2. The molecule has 0 bridgehead atoms. The molecule has 0 amide bonds. The molecule has 1 N–H and O–H groups in total. The number of hydrogen-bond acceptors (Lipinski definition) is 4. The first-order chi connectivity index (χ1) is 11.6. The van der Waals surface area contributed by atoms with Crippen LogP contribution in [-0.2, 0) is 11.2 Å². The molecule has 2 heterocycles. The van der Waals surface area contributed by atoms with Crippen LogP contribution < -0.4 is 4.74 Å². The van der Waals surface area contributed by atoms with Crippen LogP contribution in [0.2, 0.25) is 0 Å². The van der Waals surface area contributed by atoms with Crippen LogP contribution in [0.15, 0.2) is 48.8 Å². The zero-order valence-electron chi connectivity index (χ0n) is 13.7. The van der Waals surface area contributed by atoms with Crippen molar-refractivity contribution in [2.75, 3.05) is 6.61 Å². The largest absolute Gasteiger partial charge is 0.485 e. The van der Waals surface area contributed by atoms with Crippen LogP contribution in [0, 0.1) is 13.8 Å². The molecule has 5 nitrogen and oxygen atoms in total. The Bertz CT molecular complexity index is 821. The summed E-state index contributed by atoms with van der Waals surface area (Å²) in [5.74, 6) is 1.37. The third-order valence-corrected chi connectivity index (χ3v) is 3.72. The lowest BCUT2D eigenvalue weighted by Gasteiger charge is -2.10. The molecule has 0 aliphatic carbocycles. The van der Waals surface area contributed by atoms with Crippen molar-refractivity contribution >= 4 is 5.78 Å². The van der Waals surface area contributed by atoms with Crippen LogP contribution in [0.3, 0.4) is 0 Å². The first kappa shape index (κ1) is 15.9. The Morgan fingerprint density at radius 2 is 1.88 bits per heavy atom. The fourth-order valence-corrected chi connectivity index (χ4v) is 2.52. The van der Waals surface area contributed by atoms with Crippen LogP contribution >= 0.6 is 0 Å². The Kier molecular flexibility index (Phi) is 4.70. The molecule has 0 spiro atoms. The summed E-state index contributed by atoms with van der Waals surface area (Å²) in [5.41, 5.74) is 3.65. The Labute approximate surface area is 140 Å². The minimum atomic E-state index is -0.0282. The molecule has 0 atom stereocenters. The Hall–Kier alpha value is -2.95. The van der Waals surface area contributed by atoms with Crippen LogP contribution in [0.1, 0.15) is 17.0 Å². The van der Waals surface area contributed by atoms with Crippen LogP contribution in [0.5, 0.6) is 5.75 Å². The van der Waals surface area contributed by atoms with Crippen molar-refractivity contribution in [1.29, 1.82) is 0 Å². The van der Waals surface area contributed by atoms with Crippen molar-refractivity contribution in [3.05, 3.63) is 65.7 Å². The molecule has 0 saturated carbocycles. The van der Waals surface area contributed by atoms with Crippen LogP contribution in [-0.4, -0.2) is 27.3 Å². The van der Waals surface area contributed by atoms with Gasteiger partial charge in [-0.1, -0.05) is 24.3 Å². The minimum absolute atomic E-state index is 0.0282. The first-order valence-electron chi connectivity index (χ1n) is 7.79. The number of aromatic amines is 1. The van der Waals surface area contributed by atoms with Gasteiger partial charge in [-0.3, -0.25) is 9.78 Å². The highest BCUT2D eigenvalue weighted by atomic mass is 16.5.